The van der Waals surface area contributed by atoms with Crippen LogP contribution in [0.4, 0.5) is 30.7 Å². The maximum atomic E-state index is 13.4. The molecule has 1 aliphatic heterocycles. The zero-order chi connectivity index (χ0) is 18.9. The van der Waals surface area contributed by atoms with Crippen molar-refractivity contribution < 1.29 is 49.9 Å². The zero-order valence-corrected chi connectivity index (χ0v) is 12.1. The molecule has 1 heterocycles. The molecule has 0 spiro atoms. The van der Waals surface area contributed by atoms with Gasteiger partial charge in [0.2, 0.25) is 5.91 Å². The van der Waals surface area contributed by atoms with Crippen LogP contribution in [-0.4, -0.2) is 53.4 Å². The highest BCUT2D eigenvalue weighted by molar-refractivity contribution is 6.04. The third kappa shape index (κ3) is 3.31. The van der Waals surface area contributed by atoms with Crippen LogP contribution in [0.2, 0.25) is 0 Å². The minimum Gasteiger partial charge on any atom is -0.464 e. The lowest BCUT2D eigenvalue weighted by molar-refractivity contribution is -0.345. The van der Waals surface area contributed by atoms with Crippen LogP contribution in [0.15, 0.2) is 0 Å². The van der Waals surface area contributed by atoms with Crippen molar-refractivity contribution in [3.05, 3.63) is 0 Å². The first kappa shape index (κ1) is 20.2. The van der Waals surface area contributed by atoms with Gasteiger partial charge in [0.25, 0.3) is 0 Å². The molecule has 138 valence electrons. The number of ether oxygens (including phenoxy) is 1. The molecule has 1 saturated heterocycles. The number of rotatable bonds is 5. The van der Waals surface area contributed by atoms with Gasteiger partial charge in [-0.1, -0.05) is 6.92 Å². The molecule has 5 nitrogen and oxygen atoms in total. The van der Waals surface area contributed by atoms with E-state index < -0.39 is 59.6 Å². The molecule has 1 fully saturated rings. The number of amides is 2. The number of halogens is 7. The molecule has 1 unspecified atom stereocenters. The lowest BCUT2D eigenvalue weighted by Gasteiger charge is -2.31. The highest BCUT2D eigenvalue weighted by atomic mass is 19.4. The largest absolute Gasteiger partial charge is 0.464 e. The summed E-state index contributed by atoms with van der Waals surface area (Å²) in [6.07, 6.45) is -7.60. The Balaban J connectivity index is 3.14. The summed E-state index contributed by atoms with van der Waals surface area (Å²) in [4.78, 5) is 34.0. The van der Waals surface area contributed by atoms with Gasteiger partial charge in [-0.15, -0.1) is 0 Å². The first-order valence-corrected chi connectivity index (χ1v) is 6.64. The molecule has 1 rings (SSSR count). The Morgan fingerprint density at radius 1 is 1.17 bits per heavy atom. The first-order valence-electron chi connectivity index (χ1n) is 6.64. The molecule has 0 aliphatic carbocycles. The average Bonchev–Trinajstić information content (AvgIpc) is 2.84. The van der Waals surface area contributed by atoms with E-state index in [0.29, 0.717) is 6.42 Å². The van der Waals surface area contributed by atoms with E-state index in [1.165, 1.54) is 0 Å². The van der Waals surface area contributed by atoms with Crippen molar-refractivity contribution in [1.82, 2.24) is 4.90 Å². The molecule has 0 aromatic carbocycles. The monoisotopic (exact) mass is 367 g/mol. The second-order valence-electron chi connectivity index (χ2n) is 4.94. The van der Waals surface area contributed by atoms with Crippen LogP contribution in [0.5, 0.6) is 0 Å². The zero-order valence-electron chi connectivity index (χ0n) is 12.1. The third-order valence-corrected chi connectivity index (χ3v) is 3.17. The van der Waals surface area contributed by atoms with Gasteiger partial charge in [0.15, 0.2) is 0 Å². The molecule has 1 atom stereocenters. The molecular weight excluding hydrogens is 355 g/mol. The predicted octanol–water partition coefficient (Wildman–Crippen LogP) is 2.29. The summed E-state index contributed by atoms with van der Waals surface area (Å²) >= 11 is 0. The number of carbonyl (C=O) groups is 3. The smallest absolute Gasteiger partial charge is 0.460 e. The van der Waals surface area contributed by atoms with Crippen LogP contribution >= 0.6 is 0 Å². The van der Waals surface area contributed by atoms with Crippen molar-refractivity contribution in [3.8, 4) is 0 Å². The molecular formula is C12H12F7NO4. The fourth-order valence-electron chi connectivity index (χ4n) is 1.92. The van der Waals surface area contributed by atoms with Gasteiger partial charge in [-0.3, -0.25) is 14.5 Å². The summed E-state index contributed by atoms with van der Waals surface area (Å²) in [7, 11) is 0. The fraction of sp³-hybridized carbons (Fsp3) is 0.750. The molecule has 1 aliphatic rings. The average molecular weight is 367 g/mol. The summed E-state index contributed by atoms with van der Waals surface area (Å²) in [6.45, 7) is 1.36. The molecule has 0 aromatic heterocycles. The van der Waals surface area contributed by atoms with Gasteiger partial charge < -0.3 is 4.74 Å². The van der Waals surface area contributed by atoms with Crippen molar-refractivity contribution in [1.29, 1.82) is 0 Å². The van der Waals surface area contributed by atoms with E-state index in [2.05, 4.69) is 4.74 Å². The molecule has 0 saturated carbocycles. The summed E-state index contributed by atoms with van der Waals surface area (Å²) in [6, 6.07) is -1.97. The van der Waals surface area contributed by atoms with E-state index >= 15 is 0 Å². The Bertz CT molecular complexity index is 532. The standard InChI is InChI=1S/C12H12F7NO4/c1-2-5-24-8(22)6-3-4-7(21)20(6)9(23)10(13,14)11(15,16)12(17,18)19/h6H,2-5H2,1H3. The Labute approximate surface area is 130 Å². The fourth-order valence-corrected chi connectivity index (χ4v) is 1.92. The van der Waals surface area contributed by atoms with E-state index in [4.69, 9.17) is 0 Å². The normalized spacial score (nSPS) is 19.6. The maximum absolute atomic E-state index is 13.4. The van der Waals surface area contributed by atoms with E-state index in [0.717, 1.165) is 0 Å². The second-order valence-corrected chi connectivity index (χ2v) is 4.94. The lowest BCUT2D eigenvalue weighted by atomic mass is 10.1. The van der Waals surface area contributed by atoms with E-state index in [9.17, 15) is 45.1 Å². The molecule has 0 N–H and O–H groups in total. The molecule has 12 heteroatoms. The quantitative estimate of drug-likeness (QED) is 0.553. The van der Waals surface area contributed by atoms with Crippen LogP contribution in [0.1, 0.15) is 26.2 Å². The Hall–Kier alpha value is -1.88. The third-order valence-electron chi connectivity index (χ3n) is 3.17. The lowest BCUT2D eigenvalue weighted by Crippen LogP contribution is -2.62. The van der Waals surface area contributed by atoms with E-state index in [1.807, 2.05) is 0 Å². The van der Waals surface area contributed by atoms with Gasteiger partial charge in [-0.25, -0.2) is 4.79 Å². The SMILES string of the molecule is CCCOC(=O)C1CCC(=O)N1C(=O)C(F)(F)C(F)(F)C(F)(F)F. The van der Waals surface area contributed by atoms with Crippen molar-refractivity contribution in [2.45, 2.75) is 50.2 Å². The van der Waals surface area contributed by atoms with Crippen LogP contribution in [0.3, 0.4) is 0 Å². The topological polar surface area (TPSA) is 63.7 Å². The minimum atomic E-state index is -6.73. The Kier molecular flexibility index (Phi) is 5.51. The number of nitrogens with zero attached hydrogens (tertiary/aromatic N) is 1. The summed E-state index contributed by atoms with van der Waals surface area (Å²) in [5.74, 6) is -18.9. The van der Waals surface area contributed by atoms with Crippen LogP contribution in [-0.2, 0) is 19.1 Å². The second kappa shape index (κ2) is 6.55. The van der Waals surface area contributed by atoms with Gasteiger partial charge >= 0.3 is 29.9 Å². The van der Waals surface area contributed by atoms with Crippen LogP contribution in [0, 0.1) is 0 Å². The van der Waals surface area contributed by atoms with Crippen LogP contribution in [0.25, 0.3) is 0 Å². The van der Waals surface area contributed by atoms with Crippen molar-refractivity contribution in [2.75, 3.05) is 6.61 Å². The number of likely N-dealkylation sites (tertiary alicyclic amines) is 1. The van der Waals surface area contributed by atoms with Crippen molar-refractivity contribution >= 4 is 17.8 Å². The van der Waals surface area contributed by atoms with Crippen LogP contribution < -0.4 is 0 Å². The molecule has 0 bridgehead atoms. The van der Waals surface area contributed by atoms with E-state index in [-0.39, 0.29) is 6.61 Å². The number of esters is 1. The molecule has 0 aromatic rings. The van der Waals surface area contributed by atoms with E-state index in [1.54, 1.807) is 6.92 Å². The Morgan fingerprint density at radius 2 is 1.71 bits per heavy atom. The van der Waals surface area contributed by atoms with Gasteiger partial charge in [-0.2, -0.15) is 30.7 Å². The highest BCUT2D eigenvalue weighted by Crippen LogP contribution is 2.47. The number of carbonyl (C=O) groups excluding carboxylic acids is 3. The van der Waals surface area contributed by atoms with Gasteiger partial charge in [0.05, 0.1) is 6.61 Å². The summed E-state index contributed by atoms with van der Waals surface area (Å²) in [5, 5.41) is 0. The van der Waals surface area contributed by atoms with Gasteiger partial charge in [-0.05, 0) is 12.8 Å². The summed E-state index contributed by atoms with van der Waals surface area (Å²) in [5.41, 5.74) is 0. The number of imide groups is 1. The predicted molar refractivity (Wildman–Crippen MR) is 62.1 cm³/mol. The number of hydrogen-bond donors (Lipinski definition) is 0. The van der Waals surface area contributed by atoms with Gasteiger partial charge in [0.1, 0.15) is 6.04 Å². The number of alkyl halides is 7. The minimum absolute atomic E-state index is 0.208. The van der Waals surface area contributed by atoms with Crippen molar-refractivity contribution in [2.24, 2.45) is 0 Å². The maximum Gasteiger partial charge on any atom is 0.460 e. The molecule has 2 amide bonds. The molecule has 24 heavy (non-hydrogen) atoms. The van der Waals surface area contributed by atoms with Crippen molar-refractivity contribution in [3.63, 3.8) is 0 Å². The summed E-state index contributed by atoms with van der Waals surface area (Å²) < 4.78 is 93.6. The Morgan fingerprint density at radius 3 is 2.17 bits per heavy atom. The van der Waals surface area contributed by atoms with Gasteiger partial charge in [0, 0.05) is 6.42 Å². The highest BCUT2D eigenvalue weighted by Gasteiger charge is 2.77. The number of hydrogen-bond acceptors (Lipinski definition) is 4. The first-order chi connectivity index (χ1) is 10.8. The molecule has 0 radical (unpaired) electrons.